The van der Waals surface area contributed by atoms with Crippen molar-refractivity contribution in [2.24, 2.45) is 0 Å². The molecule has 1 N–H and O–H groups in total. The summed E-state index contributed by atoms with van der Waals surface area (Å²) in [7, 11) is -4.10. The smallest absolute Gasteiger partial charge is 0.318 e. The Hall–Kier alpha value is -1.93. The molecule has 0 saturated carbocycles. The molecule has 0 aliphatic carbocycles. The largest absolute Gasteiger partial charge is 0.480 e. The minimum Gasteiger partial charge on any atom is -0.480 e. The molecule has 0 spiro atoms. The van der Waals surface area contributed by atoms with Crippen LogP contribution in [-0.4, -0.2) is 36.9 Å². The molecule has 1 aromatic carbocycles. The van der Waals surface area contributed by atoms with Crippen molar-refractivity contribution in [1.29, 1.82) is 0 Å². The summed E-state index contributed by atoms with van der Waals surface area (Å²) < 4.78 is 44.7. The first-order valence-corrected chi connectivity index (χ1v) is 8.12. The second-order valence-electron chi connectivity index (χ2n) is 4.89. The van der Waals surface area contributed by atoms with Crippen LogP contribution in [-0.2, 0) is 14.8 Å². The van der Waals surface area contributed by atoms with Gasteiger partial charge in [-0.1, -0.05) is 6.92 Å². The van der Waals surface area contributed by atoms with Gasteiger partial charge in [-0.3, -0.25) is 4.79 Å². The Balaban J connectivity index is 2.56. The Morgan fingerprint density at radius 2 is 2.09 bits per heavy atom. The third kappa shape index (κ3) is 2.97. The molecule has 0 fully saturated rings. The van der Waals surface area contributed by atoms with E-state index in [9.17, 15) is 17.6 Å². The third-order valence-electron chi connectivity index (χ3n) is 3.21. The van der Waals surface area contributed by atoms with Gasteiger partial charge >= 0.3 is 5.97 Å². The second-order valence-corrected chi connectivity index (χ2v) is 6.72. The number of hydrogen-bond donors (Lipinski definition) is 1. The van der Waals surface area contributed by atoms with Gasteiger partial charge in [0, 0.05) is 17.5 Å². The van der Waals surface area contributed by atoms with Gasteiger partial charge in [-0.2, -0.15) is 4.31 Å². The lowest BCUT2D eigenvalue weighted by molar-refractivity contribution is -0.137. The summed E-state index contributed by atoms with van der Waals surface area (Å²) in [6, 6.07) is 3.70. The van der Waals surface area contributed by atoms with Gasteiger partial charge in [0.2, 0.25) is 5.09 Å². The van der Waals surface area contributed by atoms with Crippen molar-refractivity contribution in [3.05, 3.63) is 29.6 Å². The highest BCUT2D eigenvalue weighted by Crippen LogP contribution is 2.31. The number of aliphatic carboxylic acids is 1. The number of carbonyl (C=O) groups is 1. The Kier molecular flexibility index (Phi) is 4.52. The van der Waals surface area contributed by atoms with Crippen LogP contribution in [0.5, 0.6) is 0 Å². The summed E-state index contributed by atoms with van der Waals surface area (Å²) in [5.74, 6) is -1.76. The summed E-state index contributed by atoms with van der Waals surface area (Å²) in [5.41, 5.74) is 0.505. The van der Waals surface area contributed by atoms with Crippen LogP contribution in [0.3, 0.4) is 0 Å². The number of sulfonamides is 1. The van der Waals surface area contributed by atoms with Gasteiger partial charge in [0.15, 0.2) is 0 Å². The third-order valence-corrected chi connectivity index (χ3v) is 5.06. The van der Waals surface area contributed by atoms with Crippen LogP contribution in [0.1, 0.15) is 18.9 Å². The molecule has 120 valence electrons. The SMILES string of the molecule is CCCN(CC(=O)O)S(=O)(=O)c1oc2ccc(F)cc2c1C. The molecule has 0 atom stereocenters. The molecule has 0 amide bonds. The highest BCUT2D eigenvalue weighted by Gasteiger charge is 2.31. The topological polar surface area (TPSA) is 87.8 Å². The minimum absolute atomic E-state index is 0.0550. The fraction of sp³-hybridized carbons (Fsp3) is 0.357. The number of carboxylic acid groups (broad SMARTS) is 1. The van der Waals surface area contributed by atoms with E-state index in [4.69, 9.17) is 9.52 Å². The predicted octanol–water partition coefficient (Wildman–Crippen LogP) is 2.37. The number of nitrogens with zero attached hydrogens (tertiary/aromatic N) is 1. The zero-order valence-corrected chi connectivity index (χ0v) is 13.0. The zero-order chi connectivity index (χ0) is 16.5. The van der Waals surface area contributed by atoms with Crippen molar-refractivity contribution >= 4 is 27.0 Å². The molecule has 0 bridgehead atoms. The predicted molar refractivity (Wildman–Crippen MR) is 77.6 cm³/mol. The Labute approximate surface area is 127 Å². The van der Waals surface area contributed by atoms with Gasteiger partial charge in [0.25, 0.3) is 10.0 Å². The lowest BCUT2D eigenvalue weighted by Crippen LogP contribution is -2.36. The van der Waals surface area contributed by atoms with Crippen LogP contribution < -0.4 is 0 Å². The lowest BCUT2D eigenvalue weighted by Gasteiger charge is -2.18. The summed E-state index contributed by atoms with van der Waals surface area (Å²) >= 11 is 0. The molecular weight excluding hydrogens is 313 g/mol. The molecule has 8 heteroatoms. The quantitative estimate of drug-likeness (QED) is 0.879. The molecule has 0 unspecified atom stereocenters. The van der Waals surface area contributed by atoms with E-state index < -0.39 is 28.4 Å². The zero-order valence-electron chi connectivity index (χ0n) is 12.2. The molecule has 0 radical (unpaired) electrons. The van der Waals surface area contributed by atoms with E-state index in [1.54, 1.807) is 6.92 Å². The summed E-state index contributed by atoms with van der Waals surface area (Å²) in [6.07, 6.45) is 0.459. The van der Waals surface area contributed by atoms with E-state index in [-0.39, 0.29) is 22.8 Å². The van der Waals surface area contributed by atoms with Crippen LogP contribution >= 0.6 is 0 Å². The summed E-state index contributed by atoms with van der Waals surface area (Å²) in [5, 5.41) is 8.89. The van der Waals surface area contributed by atoms with Gasteiger partial charge in [0.1, 0.15) is 17.9 Å². The van der Waals surface area contributed by atoms with Crippen molar-refractivity contribution in [2.75, 3.05) is 13.1 Å². The van der Waals surface area contributed by atoms with Gasteiger partial charge in [-0.25, -0.2) is 12.8 Å². The molecule has 1 heterocycles. The van der Waals surface area contributed by atoms with Crippen LogP contribution in [0, 0.1) is 12.7 Å². The van der Waals surface area contributed by atoms with Crippen molar-refractivity contribution in [3.8, 4) is 0 Å². The van der Waals surface area contributed by atoms with Crippen LogP contribution in [0.25, 0.3) is 11.0 Å². The highest BCUT2D eigenvalue weighted by molar-refractivity contribution is 7.89. The average molecular weight is 329 g/mol. The summed E-state index contributed by atoms with van der Waals surface area (Å²) in [6.45, 7) is 2.65. The van der Waals surface area contributed by atoms with Gasteiger partial charge in [-0.05, 0) is 31.5 Å². The van der Waals surface area contributed by atoms with Crippen molar-refractivity contribution in [2.45, 2.75) is 25.4 Å². The number of fused-ring (bicyclic) bond motifs is 1. The molecule has 0 aliphatic rings. The molecule has 1 aromatic heterocycles. The van der Waals surface area contributed by atoms with Crippen LogP contribution in [0.4, 0.5) is 4.39 Å². The maximum absolute atomic E-state index is 13.3. The second kappa shape index (κ2) is 6.05. The molecule has 0 aliphatic heterocycles. The van der Waals surface area contributed by atoms with E-state index in [0.717, 1.165) is 4.31 Å². The number of benzene rings is 1. The first-order chi connectivity index (χ1) is 10.3. The Morgan fingerprint density at radius 3 is 2.68 bits per heavy atom. The molecular formula is C14H16FNO5S. The Morgan fingerprint density at radius 1 is 1.41 bits per heavy atom. The maximum Gasteiger partial charge on any atom is 0.318 e. The normalized spacial score (nSPS) is 12.2. The van der Waals surface area contributed by atoms with Crippen molar-refractivity contribution < 1.29 is 27.1 Å². The maximum atomic E-state index is 13.3. The van der Waals surface area contributed by atoms with Crippen molar-refractivity contribution in [3.63, 3.8) is 0 Å². The van der Waals surface area contributed by atoms with Crippen LogP contribution in [0.2, 0.25) is 0 Å². The van der Waals surface area contributed by atoms with E-state index in [1.165, 1.54) is 25.1 Å². The van der Waals surface area contributed by atoms with E-state index in [2.05, 4.69) is 0 Å². The van der Waals surface area contributed by atoms with E-state index in [0.29, 0.717) is 11.8 Å². The molecule has 2 aromatic rings. The number of rotatable bonds is 6. The van der Waals surface area contributed by atoms with E-state index in [1.807, 2.05) is 0 Å². The lowest BCUT2D eigenvalue weighted by atomic mass is 10.2. The highest BCUT2D eigenvalue weighted by atomic mass is 32.2. The minimum atomic E-state index is -4.10. The average Bonchev–Trinajstić information content (AvgIpc) is 2.76. The number of halogens is 1. The van der Waals surface area contributed by atoms with Gasteiger partial charge in [0.05, 0.1) is 0 Å². The number of aryl methyl sites for hydroxylation is 1. The van der Waals surface area contributed by atoms with Gasteiger partial charge < -0.3 is 9.52 Å². The summed E-state index contributed by atoms with van der Waals surface area (Å²) in [4.78, 5) is 10.9. The first kappa shape index (κ1) is 16.4. The van der Waals surface area contributed by atoms with E-state index >= 15 is 0 Å². The molecule has 6 nitrogen and oxygen atoms in total. The van der Waals surface area contributed by atoms with Crippen LogP contribution in [0.15, 0.2) is 27.7 Å². The monoisotopic (exact) mass is 329 g/mol. The fourth-order valence-electron chi connectivity index (χ4n) is 2.22. The fourth-order valence-corrected chi connectivity index (χ4v) is 3.85. The molecule has 0 saturated heterocycles. The molecule has 22 heavy (non-hydrogen) atoms. The van der Waals surface area contributed by atoms with Crippen molar-refractivity contribution in [1.82, 2.24) is 4.31 Å². The standard InChI is InChI=1S/C14H16FNO5S/c1-3-6-16(8-13(17)18)22(19,20)14-9(2)11-7-10(15)4-5-12(11)21-14/h4-5,7H,3,6,8H2,1-2H3,(H,17,18). The molecule has 2 rings (SSSR count). The number of hydrogen-bond acceptors (Lipinski definition) is 4. The first-order valence-electron chi connectivity index (χ1n) is 6.68. The number of furan rings is 1. The van der Waals surface area contributed by atoms with Gasteiger partial charge in [-0.15, -0.1) is 0 Å². The number of carboxylic acids is 1. The Bertz CT molecular complexity index is 812.